The molecule has 0 fully saturated rings. The van der Waals surface area contributed by atoms with E-state index in [-0.39, 0.29) is 29.9 Å². The highest BCUT2D eigenvalue weighted by molar-refractivity contribution is 5.92. The van der Waals surface area contributed by atoms with Crippen LogP contribution in [0.1, 0.15) is 16.1 Å². The van der Waals surface area contributed by atoms with Crippen LogP contribution >= 0.6 is 0 Å². The van der Waals surface area contributed by atoms with Gasteiger partial charge in [0.25, 0.3) is 5.91 Å². The fourth-order valence-electron chi connectivity index (χ4n) is 1.74. The second-order valence-corrected chi connectivity index (χ2v) is 4.46. The van der Waals surface area contributed by atoms with E-state index in [0.29, 0.717) is 18.7 Å². The van der Waals surface area contributed by atoms with Gasteiger partial charge in [0.05, 0.1) is 6.61 Å². The van der Waals surface area contributed by atoms with Gasteiger partial charge < -0.3 is 15.4 Å². The van der Waals surface area contributed by atoms with Gasteiger partial charge in [-0.2, -0.15) is 0 Å². The number of nitrogens with zero attached hydrogens (tertiary/aromatic N) is 2. The highest BCUT2D eigenvalue weighted by atomic mass is 19.1. The quantitative estimate of drug-likeness (QED) is 0.760. The van der Waals surface area contributed by atoms with E-state index in [1.165, 1.54) is 18.3 Å². The lowest BCUT2D eigenvalue weighted by atomic mass is 10.2. The number of anilines is 1. The van der Waals surface area contributed by atoms with Crippen molar-refractivity contribution in [3.8, 4) is 0 Å². The van der Waals surface area contributed by atoms with Crippen LogP contribution in [-0.2, 0) is 11.3 Å². The Bertz CT molecular complexity index is 636. The molecular formula is C15H17FN4O2. The number of methoxy groups -OCH3 is 1. The second kappa shape index (κ2) is 8.04. The molecule has 0 radical (unpaired) electrons. The van der Waals surface area contributed by atoms with Gasteiger partial charge in [-0.3, -0.25) is 4.79 Å². The van der Waals surface area contributed by atoms with E-state index in [4.69, 9.17) is 4.74 Å². The van der Waals surface area contributed by atoms with Gasteiger partial charge in [-0.1, -0.05) is 18.2 Å². The number of hydrogen-bond acceptors (Lipinski definition) is 5. The Labute approximate surface area is 127 Å². The first kappa shape index (κ1) is 15.8. The average molecular weight is 304 g/mol. The molecule has 1 heterocycles. The summed E-state index contributed by atoms with van der Waals surface area (Å²) in [4.78, 5) is 20.0. The molecule has 2 N–H and O–H groups in total. The van der Waals surface area contributed by atoms with Crippen molar-refractivity contribution < 1.29 is 13.9 Å². The monoisotopic (exact) mass is 304 g/mol. The van der Waals surface area contributed by atoms with Crippen LogP contribution in [0.25, 0.3) is 0 Å². The van der Waals surface area contributed by atoms with E-state index in [1.54, 1.807) is 25.3 Å². The number of carbonyl (C=O) groups is 1. The number of halogens is 1. The van der Waals surface area contributed by atoms with Crippen LogP contribution in [0.3, 0.4) is 0 Å². The summed E-state index contributed by atoms with van der Waals surface area (Å²) < 4.78 is 18.4. The first-order valence-corrected chi connectivity index (χ1v) is 6.78. The SMILES string of the molecule is COCCNC(=O)c1ccnc(NCc2ccccc2F)n1. The van der Waals surface area contributed by atoms with Gasteiger partial charge in [-0.15, -0.1) is 0 Å². The van der Waals surface area contributed by atoms with E-state index >= 15 is 0 Å². The predicted molar refractivity (Wildman–Crippen MR) is 80.0 cm³/mol. The Balaban J connectivity index is 1.96. The van der Waals surface area contributed by atoms with E-state index in [1.807, 2.05) is 0 Å². The summed E-state index contributed by atoms with van der Waals surface area (Å²) in [6, 6.07) is 7.94. The number of ether oxygens (including phenoxy) is 1. The van der Waals surface area contributed by atoms with Crippen molar-refractivity contribution in [3.63, 3.8) is 0 Å². The molecule has 1 amide bonds. The van der Waals surface area contributed by atoms with Gasteiger partial charge in [0.2, 0.25) is 5.95 Å². The minimum Gasteiger partial charge on any atom is -0.383 e. The zero-order valence-electron chi connectivity index (χ0n) is 12.2. The van der Waals surface area contributed by atoms with Crippen LogP contribution in [-0.4, -0.2) is 36.1 Å². The van der Waals surface area contributed by atoms with Crippen molar-refractivity contribution in [1.82, 2.24) is 15.3 Å². The number of amides is 1. The molecule has 0 saturated carbocycles. The molecule has 22 heavy (non-hydrogen) atoms. The molecule has 1 aromatic carbocycles. The Kier molecular flexibility index (Phi) is 5.79. The normalized spacial score (nSPS) is 10.3. The number of nitrogens with one attached hydrogen (secondary N) is 2. The van der Waals surface area contributed by atoms with Gasteiger partial charge >= 0.3 is 0 Å². The molecule has 2 aromatic rings. The molecule has 0 aliphatic rings. The molecule has 0 aliphatic carbocycles. The van der Waals surface area contributed by atoms with Gasteiger partial charge in [0.15, 0.2) is 0 Å². The number of hydrogen-bond donors (Lipinski definition) is 2. The first-order valence-electron chi connectivity index (χ1n) is 6.78. The molecule has 0 saturated heterocycles. The van der Waals surface area contributed by atoms with Crippen molar-refractivity contribution >= 4 is 11.9 Å². The third-order valence-corrected chi connectivity index (χ3v) is 2.87. The maximum atomic E-state index is 13.5. The number of aromatic nitrogens is 2. The van der Waals surface area contributed by atoms with Crippen LogP contribution in [0.15, 0.2) is 36.5 Å². The highest BCUT2D eigenvalue weighted by Gasteiger charge is 2.08. The first-order chi connectivity index (χ1) is 10.7. The molecule has 2 rings (SSSR count). The summed E-state index contributed by atoms with van der Waals surface area (Å²) in [6.07, 6.45) is 1.47. The molecule has 0 spiro atoms. The van der Waals surface area contributed by atoms with E-state index in [2.05, 4.69) is 20.6 Å². The summed E-state index contributed by atoms with van der Waals surface area (Å²) in [7, 11) is 1.56. The molecule has 0 unspecified atom stereocenters. The summed E-state index contributed by atoms with van der Waals surface area (Å²) in [5, 5.41) is 5.57. The lowest BCUT2D eigenvalue weighted by Crippen LogP contribution is -2.28. The van der Waals surface area contributed by atoms with Crippen molar-refractivity contribution in [1.29, 1.82) is 0 Å². The largest absolute Gasteiger partial charge is 0.383 e. The molecule has 1 aromatic heterocycles. The Hall–Kier alpha value is -2.54. The van der Waals surface area contributed by atoms with Crippen molar-refractivity contribution in [2.75, 3.05) is 25.6 Å². The molecule has 116 valence electrons. The summed E-state index contributed by atoms with van der Waals surface area (Å²) in [5.74, 6) is -0.348. The van der Waals surface area contributed by atoms with Crippen LogP contribution in [0.4, 0.5) is 10.3 Å². The Morgan fingerprint density at radius 2 is 2.14 bits per heavy atom. The molecule has 6 nitrogen and oxygen atoms in total. The van der Waals surface area contributed by atoms with Crippen molar-refractivity contribution in [2.24, 2.45) is 0 Å². The standard InChI is InChI=1S/C15H17FN4O2/c1-22-9-8-17-14(21)13-6-7-18-15(20-13)19-10-11-4-2-3-5-12(11)16/h2-7H,8-10H2,1H3,(H,17,21)(H,18,19,20). The zero-order chi connectivity index (χ0) is 15.8. The Morgan fingerprint density at radius 3 is 2.91 bits per heavy atom. The third kappa shape index (κ3) is 4.49. The second-order valence-electron chi connectivity index (χ2n) is 4.46. The number of carbonyl (C=O) groups excluding carboxylic acids is 1. The van der Waals surface area contributed by atoms with E-state index in [9.17, 15) is 9.18 Å². The summed E-state index contributed by atoms with van der Waals surface area (Å²) in [5.41, 5.74) is 0.739. The number of benzene rings is 1. The fraction of sp³-hybridized carbons (Fsp3) is 0.267. The highest BCUT2D eigenvalue weighted by Crippen LogP contribution is 2.08. The van der Waals surface area contributed by atoms with E-state index < -0.39 is 0 Å². The minimum atomic E-state index is -0.312. The predicted octanol–water partition coefficient (Wildman–Crippen LogP) is 1.60. The Morgan fingerprint density at radius 1 is 1.32 bits per heavy atom. The van der Waals surface area contributed by atoms with Crippen LogP contribution in [0.2, 0.25) is 0 Å². The lowest BCUT2D eigenvalue weighted by Gasteiger charge is -2.07. The van der Waals surface area contributed by atoms with Crippen molar-refractivity contribution in [2.45, 2.75) is 6.54 Å². The molecular weight excluding hydrogens is 287 g/mol. The molecule has 0 bridgehead atoms. The fourth-order valence-corrected chi connectivity index (χ4v) is 1.74. The van der Waals surface area contributed by atoms with Crippen molar-refractivity contribution in [3.05, 3.63) is 53.6 Å². The minimum absolute atomic E-state index is 0.238. The summed E-state index contributed by atoms with van der Waals surface area (Å²) >= 11 is 0. The topological polar surface area (TPSA) is 76.1 Å². The van der Waals surface area contributed by atoms with Crippen LogP contribution in [0.5, 0.6) is 0 Å². The van der Waals surface area contributed by atoms with Crippen LogP contribution in [0, 0.1) is 5.82 Å². The maximum Gasteiger partial charge on any atom is 0.270 e. The van der Waals surface area contributed by atoms with Gasteiger partial charge in [0, 0.05) is 32.0 Å². The zero-order valence-corrected chi connectivity index (χ0v) is 12.2. The number of rotatable bonds is 7. The molecule has 0 atom stereocenters. The van der Waals surface area contributed by atoms with E-state index in [0.717, 1.165) is 0 Å². The molecule has 0 aliphatic heterocycles. The maximum absolute atomic E-state index is 13.5. The van der Waals surface area contributed by atoms with Gasteiger partial charge in [0.1, 0.15) is 11.5 Å². The third-order valence-electron chi connectivity index (χ3n) is 2.87. The summed E-state index contributed by atoms with van der Waals surface area (Å²) in [6.45, 7) is 1.06. The van der Waals surface area contributed by atoms with Crippen LogP contribution < -0.4 is 10.6 Å². The molecule has 7 heteroatoms. The lowest BCUT2D eigenvalue weighted by molar-refractivity contribution is 0.0932. The van der Waals surface area contributed by atoms with Gasteiger partial charge in [-0.05, 0) is 12.1 Å². The average Bonchev–Trinajstić information content (AvgIpc) is 2.54. The van der Waals surface area contributed by atoms with Gasteiger partial charge in [-0.25, -0.2) is 14.4 Å². The smallest absolute Gasteiger partial charge is 0.270 e.